The molecule has 1 aliphatic heterocycles. The summed E-state index contributed by atoms with van der Waals surface area (Å²) in [5.74, 6) is 1.22. The quantitative estimate of drug-likeness (QED) is 0.736. The third-order valence-electron chi connectivity index (χ3n) is 3.05. The van der Waals surface area contributed by atoms with Gasteiger partial charge in [0.1, 0.15) is 5.82 Å². The molecule has 1 aromatic heterocycles. The van der Waals surface area contributed by atoms with Gasteiger partial charge in [-0.3, -0.25) is 0 Å². The molecule has 82 valence electrons. The van der Waals surface area contributed by atoms with E-state index >= 15 is 0 Å². The number of hydrogen-bond donors (Lipinski definition) is 0. The topological polar surface area (TPSA) is 17.8 Å². The lowest BCUT2D eigenvalue weighted by Gasteiger charge is -2.11. The molecule has 0 saturated heterocycles. The van der Waals surface area contributed by atoms with Gasteiger partial charge in [-0.05, 0) is 25.0 Å². The maximum absolute atomic E-state index is 5.87. The van der Waals surface area contributed by atoms with E-state index in [9.17, 15) is 0 Å². The first-order chi connectivity index (χ1) is 7.83. The van der Waals surface area contributed by atoms with Gasteiger partial charge < -0.3 is 4.57 Å². The largest absolute Gasteiger partial charge is 0.334 e. The lowest BCUT2D eigenvalue weighted by atomic mass is 10.2. The van der Waals surface area contributed by atoms with Gasteiger partial charge in [-0.2, -0.15) is 0 Å². The molecule has 0 aliphatic carbocycles. The van der Waals surface area contributed by atoms with Crippen molar-refractivity contribution in [2.24, 2.45) is 0 Å². The maximum Gasteiger partial charge on any atom is 0.109 e. The second-order valence-corrected chi connectivity index (χ2v) is 4.64. The van der Waals surface area contributed by atoms with E-state index in [1.54, 1.807) is 0 Å². The van der Waals surface area contributed by atoms with Crippen molar-refractivity contribution in [3.05, 3.63) is 41.3 Å². The fourth-order valence-corrected chi connectivity index (χ4v) is 2.30. The molecule has 0 bridgehead atoms. The van der Waals surface area contributed by atoms with Crippen molar-refractivity contribution in [2.75, 3.05) is 0 Å². The van der Waals surface area contributed by atoms with Gasteiger partial charge in [0.05, 0.1) is 5.69 Å². The highest BCUT2D eigenvalue weighted by Gasteiger charge is 2.12. The zero-order chi connectivity index (χ0) is 11.0. The molecule has 0 saturated carbocycles. The molecule has 0 radical (unpaired) electrons. The predicted molar refractivity (Wildman–Crippen MR) is 65.6 cm³/mol. The Morgan fingerprint density at radius 1 is 1.12 bits per heavy atom. The SMILES string of the molecule is Clc1ccc(-c2cn3c(n2)CCCC3)cc1. The van der Waals surface area contributed by atoms with Gasteiger partial charge in [-0.25, -0.2) is 4.98 Å². The van der Waals surface area contributed by atoms with Crippen molar-refractivity contribution in [3.8, 4) is 11.3 Å². The van der Waals surface area contributed by atoms with Crippen LogP contribution in [0, 0.1) is 0 Å². The van der Waals surface area contributed by atoms with Crippen LogP contribution in [-0.4, -0.2) is 9.55 Å². The van der Waals surface area contributed by atoms with Gasteiger partial charge in [0.15, 0.2) is 0 Å². The molecular weight excluding hydrogens is 220 g/mol. The van der Waals surface area contributed by atoms with Crippen LogP contribution in [0.3, 0.4) is 0 Å². The lowest BCUT2D eigenvalue weighted by Crippen LogP contribution is -2.08. The minimum atomic E-state index is 0.771. The van der Waals surface area contributed by atoms with Crippen LogP contribution < -0.4 is 0 Å². The Hall–Kier alpha value is -1.28. The fourth-order valence-electron chi connectivity index (χ4n) is 2.17. The number of hydrogen-bond acceptors (Lipinski definition) is 1. The van der Waals surface area contributed by atoms with E-state index in [-0.39, 0.29) is 0 Å². The van der Waals surface area contributed by atoms with Crippen molar-refractivity contribution < 1.29 is 0 Å². The Morgan fingerprint density at radius 2 is 1.94 bits per heavy atom. The summed E-state index contributed by atoms with van der Waals surface area (Å²) < 4.78 is 2.27. The molecule has 0 spiro atoms. The minimum absolute atomic E-state index is 0.771. The lowest BCUT2D eigenvalue weighted by molar-refractivity contribution is 0.522. The van der Waals surface area contributed by atoms with Crippen molar-refractivity contribution in [3.63, 3.8) is 0 Å². The van der Waals surface area contributed by atoms with Gasteiger partial charge in [-0.15, -0.1) is 0 Å². The molecular formula is C13H13ClN2. The summed E-state index contributed by atoms with van der Waals surface area (Å²) >= 11 is 5.87. The third kappa shape index (κ3) is 1.74. The molecule has 2 nitrogen and oxygen atoms in total. The van der Waals surface area contributed by atoms with Gasteiger partial charge in [0.2, 0.25) is 0 Å². The normalized spacial score (nSPS) is 14.8. The first-order valence-corrected chi connectivity index (χ1v) is 6.03. The number of aromatic nitrogens is 2. The summed E-state index contributed by atoms with van der Waals surface area (Å²) in [5.41, 5.74) is 2.21. The van der Waals surface area contributed by atoms with Gasteiger partial charge in [0.25, 0.3) is 0 Å². The second-order valence-electron chi connectivity index (χ2n) is 4.20. The van der Waals surface area contributed by atoms with Crippen LogP contribution >= 0.6 is 11.6 Å². The van der Waals surface area contributed by atoms with Crippen LogP contribution in [0.4, 0.5) is 0 Å². The molecule has 1 aliphatic rings. The standard InChI is InChI=1S/C13H13ClN2/c14-11-6-4-10(5-7-11)12-9-16-8-2-1-3-13(16)15-12/h4-7,9H,1-3,8H2. The van der Waals surface area contributed by atoms with Crippen molar-refractivity contribution in [1.82, 2.24) is 9.55 Å². The Bertz CT molecular complexity index is 476. The summed E-state index contributed by atoms with van der Waals surface area (Å²) in [6, 6.07) is 7.87. The van der Waals surface area contributed by atoms with Crippen molar-refractivity contribution in [1.29, 1.82) is 0 Å². The number of aryl methyl sites for hydroxylation is 2. The maximum atomic E-state index is 5.87. The summed E-state index contributed by atoms with van der Waals surface area (Å²) in [6.45, 7) is 1.11. The van der Waals surface area contributed by atoms with E-state index < -0.39 is 0 Å². The van der Waals surface area contributed by atoms with E-state index in [1.807, 2.05) is 24.3 Å². The fraction of sp³-hybridized carbons (Fsp3) is 0.308. The zero-order valence-corrected chi connectivity index (χ0v) is 9.74. The highest BCUT2D eigenvalue weighted by molar-refractivity contribution is 6.30. The molecule has 0 amide bonds. The molecule has 3 rings (SSSR count). The Morgan fingerprint density at radius 3 is 2.69 bits per heavy atom. The van der Waals surface area contributed by atoms with Crippen LogP contribution in [0.25, 0.3) is 11.3 Å². The smallest absolute Gasteiger partial charge is 0.109 e. The summed E-state index contributed by atoms with van der Waals surface area (Å²) in [6.07, 6.45) is 5.78. The van der Waals surface area contributed by atoms with Gasteiger partial charge in [0, 0.05) is 29.7 Å². The number of benzene rings is 1. The number of fused-ring (bicyclic) bond motifs is 1. The van der Waals surface area contributed by atoms with Crippen molar-refractivity contribution >= 4 is 11.6 Å². The van der Waals surface area contributed by atoms with Gasteiger partial charge >= 0.3 is 0 Å². The molecule has 0 N–H and O–H groups in total. The molecule has 2 aromatic rings. The highest BCUT2D eigenvalue weighted by atomic mass is 35.5. The second kappa shape index (κ2) is 3.95. The van der Waals surface area contributed by atoms with Crippen LogP contribution in [0.5, 0.6) is 0 Å². The summed E-state index contributed by atoms with van der Waals surface area (Å²) in [4.78, 5) is 4.67. The van der Waals surface area contributed by atoms with Crippen LogP contribution in [-0.2, 0) is 13.0 Å². The first kappa shape index (κ1) is 9.91. The number of imidazole rings is 1. The number of nitrogens with zero attached hydrogens (tertiary/aromatic N) is 2. The number of halogens is 1. The predicted octanol–water partition coefficient (Wildman–Crippen LogP) is 3.54. The zero-order valence-electron chi connectivity index (χ0n) is 8.99. The minimum Gasteiger partial charge on any atom is -0.334 e. The average molecular weight is 233 g/mol. The molecule has 0 atom stereocenters. The Kier molecular flexibility index (Phi) is 2.44. The summed E-state index contributed by atoms with van der Waals surface area (Å²) in [5, 5.41) is 0.771. The molecule has 3 heteroatoms. The summed E-state index contributed by atoms with van der Waals surface area (Å²) in [7, 11) is 0. The van der Waals surface area contributed by atoms with Crippen LogP contribution in [0.1, 0.15) is 18.7 Å². The Labute approximate surface area is 99.9 Å². The van der Waals surface area contributed by atoms with Crippen LogP contribution in [0.2, 0.25) is 5.02 Å². The average Bonchev–Trinajstić information content (AvgIpc) is 2.73. The molecule has 0 unspecified atom stereocenters. The van der Waals surface area contributed by atoms with E-state index in [4.69, 9.17) is 11.6 Å². The van der Waals surface area contributed by atoms with E-state index in [1.165, 1.54) is 18.7 Å². The monoisotopic (exact) mass is 232 g/mol. The molecule has 2 heterocycles. The third-order valence-corrected chi connectivity index (χ3v) is 3.30. The molecule has 0 fully saturated rings. The highest BCUT2D eigenvalue weighted by Crippen LogP contribution is 2.23. The van der Waals surface area contributed by atoms with Gasteiger partial charge in [-0.1, -0.05) is 23.7 Å². The number of rotatable bonds is 1. The van der Waals surface area contributed by atoms with E-state index in [0.717, 1.165) is 29.2 Å². The van der Waals surface area contributed by atoms with Crippen molar-refractivity contribution in [2.45, 2.75) is 25.8 Å². The molecule has 1 aromatic carbocycles. The molecule has 16 heavy (non-hydrogen) atoms. The van der Waals surface area contributed by atoms with E-state index in [2.05, 4.69) is 15.7 Å². The Balaban J connectivity index is 2.00. The van der Waals surface area contributed by atoms with Crippen LogP contribution in [0.15, 0.2) is 30.5 Å². The first-order valence-electron chi connectivity index (χ1n) is 5.65. The van der Waals surface area contributed by atoms with E-state index in [0.29, 0.717) is 0 Å².